The summed E-state index contributed by atoms with van der Waals surface area (Å²) in [6, 6.07) is 32.2. The second-order valence-electron chi connectivity index (χ2n) is 8.01. The van der Waals surface area contributed by atoms with E-state index >= 15 is 0 Å². The van der Waals surface area contributed by atoms with E-state index in [4.69, 9.17) is 5.10 Å². The van der Waals surface area contributed by atoms with E-state index in [1.165, 1.54) is 0 Å². The number of nitrogens with one attached hydrogen (secondary N) is 1. The summed E-state index contributed by atoms with van der Waals surface area (Å²) in [4.78, 5) is 13.1. The third-order valence-electron chi connectivity index (χ3n) is 5.56. The zero-order valence-electron chi connectivity index (χ0n) is 18.0. The van der Waals surface area contributed by atoms with E-state index in [0.717, 1.165) is 44.5 Å². The number of aromatic nitrogens is 2. The molecule has 0 aliphatic rings. The fourth-order valence-electron chi connectivity index (χ4n) is 3.92. The Morgan fingerprint density at radius 2 is 1.53 bits per heavy atom. The van der Waals surface area contributed by atoms with Gasteiger partial charge in [0.25, 0.3) is 5.91 Å². The van der Waals surface area contributed by atoms with Crippen LogP contribution in [0.5, 0.6) is 0 Å². The first-order chi connectivity index (χ1) is 15.6. The lowest BCUT2D eigenvalue weighted by molar-refractivity contribution is 0.102. The minimum absolute atomic E-state index is 0.234. The van der Waals surface area contributed by atoms with Gasteiger partial charge in [0.05, 0.1) is 11.4 Å². The standard InChI is InChI=1S/C28H23N3O/c1-19-13-15-22(16-14-19)29-28(32)26-18-27(31(30-26)23-10-5-7-20(2)17-23)25-12-6-9-21-8-3-4-11-24(21)25/h3-18H,1-2H3,(H,29,32). The van der Waals surface area contributed by atoms with Crippen molar-refractivity contribution in [2.45, 2.75) is 13.8 Å². The third-order valence-corrected chi connectivity index (χ3v) is 5.56. The number of hydrogen-bond donors (Lipinski definition) is 1. The van der Waals surface area contributed by atoms with Crippen LogP contribution >= 0.6 is 0 Å². The second kappa shape index (κ2) is 8.16. The Hall–Kier alpha value is -4.18. The molecule has 0 saturated carbocycles. The second-order valence-corrected chi connectivity index (χ2v) is 8.01. The van der Waals surface area contributed by atoms with Gasteiger partial charge in [0.15, 0.2) is 5.69 Å². The molecule has 0 fully saturated rings. The van der Waals surface area contributed by atoms with Crippen molar-refractivity contribution in [3.63, 3.8) is 0 Å². The highest BCUT2D eigenvalue weighted by Crippen LogP contribution is 2.31. The fraction of sp³-hybridized carbons (Fsp3) is 0.0714. The van der Waals surface area contributed by atoms with E-state index in [9.17, 15) is 4.79 Å². The van der Waals surface area contributed by atoms with Crippen molar-refractivity contribution in [3.8, 4) is 16.9 Å². The molecule has 1 N–H and O–H groups in total. The molecule has 5 aromatic rings. The number of aryl methyl sites for hydroxylation is 2. The number of carbonyl (C=O) groups is 1. The Kier molecular flexibility index (Phi) is 5.04. The largest absolute Gasteiger partial charge is 0.321 e. The van der Waals surface area contributed by atoms with Crippen LogP contribution in [0, 0.1) is 13.8 Å². The van der Waals surface area contributed by atoms with Gasteiger partial charge in [0.2, 0.25) is 0 Å². The molecule has 0 aliphatic carbocycles. The van der Waals surface area contributed by atoms with Crippen molar-refractivity contribution in [1.29, 1.82) is 0 Å². The van der Waals surface area contributed by atoms with E-state index in [1.807, 2.05) is 72.3 Å². The molecule has 0 bridgehead atoms. The van der Waals surface area contributed by atoms with Crippen LogP contribution in [-0.2, 0) is 0 Å². The van der Waals surface area contributed by atoms with Crippen LogP contribution in [-0.4, -0.2) is 15.7 Å². The Morgan fingerprint density at radius 3 is 2.34 bits per heavy atom. The smallest absolute Gasteiger partial charge is 0.276 e. The average molecular weight is 418 g/mol. The summed E-state index contributed by atoms with van der Waals surface area (Å²) in [6.07, 6.45) is 0. The maximum Gasteiger partial charge on any atom is 0.276 e. The van der Waals surface area contributed by atoms with Crippen LogP contribution in [0.3, 0.4) is 0 Å². The lowest BCUT2D eigenvalue weighted by Crippen LogP contribution is -2.13. The summed E-state index contributed by atoms with van der Waals surface area (Å²) in [6.45, 7) is 4.07. The van der Waals surface area contributed by atoms with E-state index in [0.29, 0.717) is 5.69 Å². The number of carbonyl (C=O) groups excluding carboxylic acids is 1. The molecule has 1 heterocycles. The molecule has 0 radical (unpaired) electrons. The van der Waals surface area contributed by atoms with Gasteiger partial charge in [-0.15, -0.1) is 0 Å². The van der Waals surface area contributed by atoms with Gasteiger partial charge in [0.1, 0.15) is 0 Å². The molecule has 0 atom stereocenters. The minimum Gasteiger partial charge on any atom is -0.321 e. The van der Waals surface area contributed by atoms with Crippen LogP contribution in [0.2, 0.25) is 0 Å². The van der Waals surface area contributed by atoms with Crippen molar-refractivity contribution in [1.82, 2.24) is 9.78 Å². The molecule has 0 unspecified atom stereocenters. The topological polar surface area (TPSA) is 46.9 Å². The molecule has 0 spiro atoms. The Balaban J connectivity index is 1.64. The highest BCUT2D eigenvalue weighted by Gasteiger charge is 2.18. The molecule has 0 aliphatic heterocycles. The molecule has 5 rings (SSSR count). The van der Waals surface area contributed by atoms with Crippen LogP contribution in [0.25, 0.3) is 27.7 Å². The number of hydrogen-bond acceptors (Lipinski definition) is 2. The van der Waals surface area contributed by atoms with Crippen molar-refractivity contribution in [3.05, 3.63) is 114 Å². The van der Waals surface area contributed by atoms with Crippen LogP contribution in [0.4, 0.5) is 5.69 Å². The molecule has 4 aromatic carbocycles. The highest BCUT2D eigenvalue weighted by atomic mass is 16.1. The number of fused-ring (bicyclic) bond motifs is 1. The first-order valence-corrected chi connectivity index (χ1v) is 10.6. The normalized spacial score (nSPS) is 10.9. The van der Waals surface area contributed by atoms with Gasteiger partial charge < -0.3 is 5.32 Å². The lowest BCUT2D eigenvalue weighted by atomic mass is 10.0. The van der Waals surface area contributed by atoms with Gasteiger partial charge in [-0.2, -0.15) is 5.10 Å². The molecule has 1 aromatic heterocycles. The molecule has 4 heteroatoms. The fourth-order valence-corrected chi connectivity index (χ4v) is 3.92. The predicted molar refractivity (Wildman–Crippen MR) is 130 cm³/mol. The Labute approximate surface area is 187 Å². The van der Waals surface area contributed by atoms with Gasteiger partial charge in [-0.25, -0.2) is 4.68 Å². The summed E-state index contributed by atoms with van der Waals surface area (Å²) in [5.41, 5.74) is 6.22. The zero-order valence-corrected chi connectivity index (χ0v) is 18.0. The zero-order chi connectivity index (χ0) is 22.1. The SMILES string of the molecule is Cc1ccc(NC(=O)c2cc(-c3cccc4ccccc34)n(-c3cccc(C)c3)n2)cc1. The number of amides is 1. The molecule has 156 valence electrons. The van der Waals surface area contributed by atoms with Gasteiger partial charge >= 0.3 is 0 Å². The minimum atomic E-state index is -0.234. The van der Waals surface area contributed by atoms with E-state index in [-0.39, 0.29) is 5.91 Å². The van der Waals surface area contributed by atoms with E-state index < -0.39 is 0 Å². The number of nitrogens with zero attached hydrogens (tertiary/aromatic N) is 2. The summed E-state index contributed by atoms with van der Waals surface area (Å²) < 4.78 is 1.86. The maximum atomic E-state index is 13.1. The highest BCUT2D eigenvalue weighted by molar-refractivity contribution is 6.04. The van der Waals surface area contributed by atoms with Crippen molar-refractivity contribution >= 4 is 22.4 Å². The quantitative estimate of drug-likeness (QED) is 0.360. The number of anilines is 1. The lowest BCUT2D eigenvalue weighted by Gasteiger charge is -2.10. The van der Waals surface area contributed by atoms with Gasteiger partial charge in [0, 0.05) is 11.3 Å². The summed E-state index contributed by atoms with van der Waals surface area (Å²) in [5.74, 6) is -0.234. The third kappa shape index (κ3) is 3.79. The predicted octanol–water partition coefficient (Wildman–Crippen LogP) is 6.56. The molecule has 4 nitrogen and oxygen atoms in total. The first-order valence-electron chi connectivity index (χ1n) is 10.6. The van der Waals surface area contributed by atoms with Crippen molar-refractivity contribution in [2.75, 3.05) is 5.32 Å². The van der Waals surface area contributed by atoms with Gasteiger partial charge in [-0.05, 0) is 60.5 Å². The van der Waals surface area contributed by atoms with Crippen molar-refractivity contribution in [2.24, 2.45) is 0 Å². The average Bonchev–Trinajstić information content (AvgIpc) is 3.26. The molecule has 0 saturated heterocycles. The monoisotopic (exact) mass is 417 g/mol. The van der Waals surface area contributed by atoms with Crippen LogP contribution in [0.1, 0.15) is 21.6 Å². The summed E-state index contributed by atoms with van der Waals surface area (Å²) >= 11 is 0. The molecular formula is C28H23N3O. The Bertz CT molecular complexity index is 1430. The van der Waals surface area contributed by atoms with E-state index in [1.54, 1.807) is 0 Å². The summed E-state index contributed by atoms with van der Waals surface area (Å²) in [7, 11) is 0. The Morgan fingerprint density at radius 1 is 0.781 bits per heavy atom. The first kappa shape index (κ1) is 19.8. The van der Waals surface area contributed by atoms with E-state index in [2.05, 4.69) is 48.6 Å². The van der Waals surface area contributed by atoms with Crippen LogP contribution < -0.4 is 5.32 Å². The number of benzene rings is 4. The molecule has 1 amide bonds. The maximum absolute atomic E-state index is 13.1. The molecular weight excluding hydrogens is 394 g/mol. The summed E-state index contributed by atoms with van der Waals surface area (Å²) in [5, 5.41) is 9.95. The van der Waals surface area contributed by atoms with Crippen molar-refractivity contribution < 1.29 is 4.79 Å². The van der Waals surface area contributed by atoms with Gasteiger partial charge in [-0.3, -0.25) is 4.79 Å². The number of rotatable bonds is 4. The molecule has 32 heavy (non-hydrogen) atoms. The van der Waals surface area contributed by atoms with Crippen LogP contribution in [0.15, 0.2) is 97.1 Å². The van der Waals surface area contributed by atoms with Gasteiger partial charge in [-0.1, -0.05) is 72.3 Å².